The summed E-state index contributed by atoms with van der Waals surface area (Å²) in [5, 5.41) is 4.19. The maximum Gasteiger partial charge on any atom is 0.422 e. The number of hydrogen-bond acceptors (Lipinski definition) is 6. The third-order valence-electron chi connectivity index (χ3n) is 6.57. The molecule has 0 spiro atoms. The number of alkyl halides is 3. The van der Waals surface area contributed by atoms with Gasteiger partial charge in [0.2, 0.25) is 11.9 Å². The molecule has 212 valence electrons. The van der Waals surface area contributed by atoms with E-state index in [9.17, 15) is 18.0 Å². The highest BCUT2D eigenvalue weighted by molar-refractivity contribution is 6.02. The summed E-state index contributed by atoms with van der Waals surface area (Å²) < 4.78 is 42.7. The number of aromatic nitrogens is 2. The molecule has 0 aliphatic carbocycles. The highest BCUT2D eigenvalue weighted by Crippen LogP contribution is 2.42. The van der Waals surface area contributed by atoms with Crippen molar-refractivity contribution in [2.45, 2.75) is 52.3 Å². The normalized spacial score (nSPS) is 20.9. The van der Waals surface area contributed by atoms with E-state index in [1.165, 1.54) is 17.3 Å². The van der Waals surface area contributed by atoms with E-state index in [0.29, 0.717) is 12.8 Å². The van der Waals surface area contributed by atoms with Gasteiger partial charge in [0.25, 0.3) is 0 Å². The largest absolute Gasteiger partial charge is 0.484 e. The van der Waals surface area contributed by atoms with Crippen LogP contribution < -0.4 is 15.9 Å². The van der Waals surface area contributed by atoms with Gasteiger partial charge < -0.3 is 10.5 Å². The van der Waals surface area contributed by atoms with E-state index >= 15 is 0 Å². The standard InChI is InChI=1S/C29H33F3N6O2/c1-5-22-17-38(27(33)37-36-23(6-2)7-3)26(39)28(4,14-21-15-34-19-35-16-21)25(22)12-11-20-9-8-10-24(13-20)40-18-29(30,31)32/h2,5,8-10,12-13,15-16,19,23,36H,7,11,14,17-18H2,1,3-4H3,(H2,33,37)/b22-5-,25-12+. The number of nitrogens with two attached hydrogens (primary N) is 1. The van der Waals surface area contributed by atoms with Crippen LogP contribution in [0.15, 0.2) is 71.4 Å². The molecule has 2 heterocycles. The average molecular weight is 555 g/mol. The number of carbonyl (C=O) groups excluding carboxylic acids is 1. The fraction of sp³-hybridized carbons (Fsp3) is 0.379. The molecule has 1 aromatic heterocycles. The predicted molar refractivity (Wildman–Crippen MR) is 147 cm³/mol. The second-order valence-electron chi connectivity index (χ2n) is 9.56. The lowest BCUT2D eigenvalue weighted by atomic mass is 9.70. The van der Waals surface area contributed by atoms with Crippen LogP contribution >= 0.6 is 0 Å². The number of halogens is 3. The second-order valence-corrected chi connectivity index (χ2v) is 9.56. The van der Waals surface area contributed by atoms with E-state index in [0.717, 1.165) is 22.3 Å². The van der Waals surface area contributed by atoms with Crippen molar-refractivity contribution in [3.05, 3.63) is 77.4 Å². The summed E-state index contributed by atoms with van der Waals surface area (Å²) in [5.41, 5.74) is 11.1. The zero-order chi connectivity index (χ0) is 29.3. The number of ether oxygens (including phenoxy) is 1. The van der Waals surface area contributed by atoms with E-state index in [1.807, 2.05) is 32.9 Å². The number of amides is 1. The van der Waals surface area contributed by atoms with Gasteiger partial charge in [-0.25, -0.2) is 9.97 Å². The zero-order valence-electron chi connectivity index (χ0n) is 22.7. The van der Waals surface area contributed by atoms with Gasteiger partial charge in [0.1, 0.15) is 18.1 Å². The first-order valence-corrected chi connectivity index (χ1v) is 12.8. The van der Waals surface area contributed by atoms with Gasteiger partial charge >= 0.3 is 6.18 Å². The highest BCUT2D eigenvalue weighted by atomic mass is 19.4. The van der Waals surface area contributed by atoms with Gasteiger partial charge in [-0.1, -0.05) is 37.1 Å². The number of benzene rings is 1. The Morgan fingerprint density at radius 3 is 2.70 bits per heavy atom. The van der Waals surface area contributed by atoms with Crippen LogP contribution in [0.4, 0.5) is 13.2 Å². The SMILES string of the molecule is C#CC(CC)N/N=C(\N)N1CC(=C/C)/C(=C\Cc2cccc(OCC(F)(F)F)c2)C(C)(Cc2cncnc2)C1=O. The number of likely N-dealkylation sites (tertiary alicyclic amines) is 1. The van der Waals surface area contributed by atoms with E-state index in [-0.39, 0.29) is 36.6 Å². The first-order chi connectivity index (χ1) is 19.0. The highest BCUT2D eigenvalue weighted by Gasteiger charge is 2.46. The summed E-state index contributed by atoms with van der Waals surface area (Å²) in [6.45, 7) is 4.40. The van der Waals surface area contributed by atoms with Gasteiger partial charge in [0, 0.05) is 12.4 Å². The van der Waals surface area contributed by atoms with Crippen molar-refractivity contribution in [1.29, 1.82) is 0 Å². The van der Waals surface area contributed by atoms with Crippen LogP contribution in [0, 0.1) is 17.8 Å². The number of piperidine rings is 1. The monoisotopic (exact) mass is 554 g/mol. The number of allylic oxidation sites excluding steroid dienone is 2. The van der Waals surface area contributed by atoms with E-state index in [2.05, 4.69) is 26.4 Å². The van der Waals surface area contributed by atoms with Gasteiger partial charge in [0.05, 0.1) is 12.0 Å². The Morgan fingerprint density at radius 2 is 2.08 bits per heavy atom. The topological polar surface area (TPSA) is 106 Å². The zero-order valence-corrected chi connectivity index (χ0v) is 22.7. The summed E-state index contributed by atoms with van der Waals surface area (Å²) in [6, 6.07) is 6.12. The number of terminal acetylenes is 1. The minimum Gasteiger partial charge on any atom is -0.484 e. The number of guanidine groups is 1. The minimum atomic E-state index is -4.44. The van der Waals surface area contributed by atoms with Crippen LogP contribution in [0.25, 0.3) is 0 Å². The lowest BCUT2D eigenvalue weighted by molar-refractivity contribution is -0.153. The Balaban J connectivity index is 1.98. The molecule has 0 radical (unpaired) electrons. The summed E-state index contributed by atoms with van der Waals surface area (Å²) >= 11 is 0. The maximum atomic E-state index is 14.1. The summed E-state index contributed by atoms with van der Waals surface area (Å²) in [6.07, 6.45) is 10.9. The van der Waals surface area contributed by atoms with E-state index in [1.54, 1.807) is 30.6 Å². The third-order valence-corrected chi connectivity index (χ3v) is 6.57. The third kappa shape index (κ3) is 7.62. The van der Waals surface area contributed by atoms with Crippen LogP contribution in [0.1, 0.15) is 38.3 Å². The lowest BCUT2D eigenvalue weighted by Gasteiger charge is -2.42. The number of nitrogens with one attached hydrogen (secondary N) is 1. The Hall–Kier alpha value is -4.33. The summed E-state index contributed by atoms with van der Waals surface area (Å²) in [7, 11) is 0. The second kappa shape index (κ2) is 13.2. The van der Waals surface area contributed by atoms with Gasteiger partial charge in [-0.05, 0) is 67.5 Å². The minimum absolute atomic E-state index is 0.0119. The Morgan fingerprint density at radius 1 is 1.35 bits per heavy atom. The molecule has 2 atom stereocenters. The molecule has 1 aromatic carbocycles. The molecule has 3 N–H and O–H groups in total. The van der Waals surface area contributed by atoms with Crippen molar-refractivity contribution >= 4 is 11.9 Å². The molecular formula is C29H33F3N6O2. The van der Waals surface area contributed by atoms with E-state index < -0.39 is 18.2 Å². The molecule has 2 aromatic rings. The van der Waals surface area contributed by atoms with Gasteiger partial charge in [-0.2, -0.15) is 13.2 Å². The molecule has 1 aliphatic heterocycles. The van der Waals surface area contributed by atoms with Crippen molar-refractivity contribution in [2.24, 2.45) is 16.3 Å². The van der Waals surface area contributed by atoms with Crippen LogP contribution in [-0.4, -0.2) is 52.1 Å². The first kappa shape index (κ1) is 30.2. The summed E-state index contributed by atoms with van der Waals surface area (Å²) in [4.78, 5) is 23.6. The fourth-order valence-corrected chi connectivity index (χ4v) is 4.48. The van der Waals surface area contributed by atoms with Crippen LogP contribution in [-0.2, 0) is 17.6 Å². The molecular weight excluding hydrogens is 521 g/mol. The van der Waals surface area contributed by atoms with Gasteiger partial charge in [-0.3, -0.25) is 15.1 Å². The molecule has 1 amide bonds. The summed E-state index contributed by atoms with van der Waals surface area (Å²) in [5.74, 6) is 2.40. The van der Waals surface area contributed by atoms with Crippen molar-refractivity contribution in [3.8, 4) is 18.1 Å². The fourth-order valence-electron chi connectivity index (χ4n) is 4.48. The number of nitrogens with zero attached hydrogens (tertiary/aromatic N) is 4. The smallest absolute Gasteiger partial charge is 0.422 e. The molecule has 2 unspecified atom stereocenters. The number of rotatable bonds is 9. The van der Waals surface area contributed by atoms with Crippen molar-refractivity contribution < 1.29 is 22.7 Å². The number of carbonyl (C=O) groups is 1. The van der Waals surface area contributed by atoms with Crippen molar-refractivity contribution in [1.82, 2.24) is 20.3 Å². The molecule has 0 saturated carbocycles. The quantitative estimate of drug-likeness (QED) is 0.209. The van der Waals surface area contributed by atoms with Gasteiger partial charge in [0.15, 0.2) is 6.61 Å². The maximum absolute atomic E-state index is 14.1. The van der Waals surface area contributed by atoms with Gasteiger partial charge in [-0.15, -0.1) is 11.5 Å². The molecule has 40 heavy (non-hydrogen) atoms. The molecule has 1 aliphatic rings. The van der Waals surface area contributed by atoms with Crippen molar-refractivity contribution in [3.63, 3.8) is 0 Å². The first-order valence-electron chi connectivity index (χ1n) is 12.8. The molecule has 1 fully saturated rings. The number of hydrazone groups is 1. The van der Waals surface area contributed by atoms with E-state index in [4.69, 9.17) is 16.9 Å². The van der Waals surface area contributed by atoms with Crippen molar-refractivity contribution in [2.75, 3.05) is 13.2 Å². The average Bonchev–Trinajstić information content (AvgIpc) is 2.93. The van der Waals surface area contributed by atoms with Crippen LogP contribution in [0.5, 0.6) is 5.75 Å². The molecule has 1 saturated heterocycles. The van der Waals surface area contributed by atoms with Crippen LogP contribution in [0.3, 0.4) is 0 Å². The number of hydrogen-bond donors (Lipinski definition) is 2. The molecule has 8 nitrogen and oxygen atoms in total. The predicted octanol–water partition coefficient (Wildman–Crippen LogP) is 4.16. The molecule has 3 rings (SSSR count). The lowest BCUT2D eigenvalue weighted by Crippen LogP contribution is -2.55. The van der Waals surface area contributed by atoms with Crippen LogP contribution in [0.2, 0.25) is 0 Å². The molecule has 11 heteroatoms. The molecule has 0 bridgehead atoms. The Bertz CT molecular complexity index is 1320. The Labute approximate surface area is 232 Å². The Kier molecular flexibility index (Phi) is 9.93.